The fraction of sp³-hybridized carbons (Fsp3) is 0.565. The molecule has 1 aliphatic rings. The van der Waals surface area contributed by atoms with E-state index >= 15 is 0 Å². The number of likely N-dealkylation sites (tertiary alicyclic amines) is 1. The van der Waals surface area contributed by atoms with Crippen LogP contribution in [0, 0.1) is 5.92 Å². The van der Waals surface area contributed by atoms with Crippen molar-refractivity contribution >= 4 is 29.9 Å². The lowest BCUT2D eigenvalue weighted by atomic mass is 9.99. The Morgan fingerprint density at radius 1 is 1.10 bits per heavy atom. The van der Waals surface area contributed by atoms with Crippen LogP contribution in [-0.4, -0.2) is 53.9 Å². The summed E-state index contributed by atoms with van der Waals surface area (Å²) in [6.07, 6.45) is 8.94. The van der Waals surface area contributed by atoms with Crippen LogP contribution in [-0.2, 0) is 13.1 Å². The van der Waals surface area contributed by atoms with Gasteiger partial charge < -0.3 is 15.5 Å². The zero-order chi connectivity index (χ0) is 20.3. The molecule has 0 atom stereocenters. The molecule has 2 N–H and O–H groups in total. The smallest absolute Gasteiger partial charge is 0.191 e. The summed E-state index contributed by atoms with van der Waals surface area (Å²) >= 11 is 0. The second kappa shape index (κ2) is 13.6. The summed E-state index contributed by atoms with van der Waals surface area (Å²) in [7, 11) is 1.83. The van der Waals surface area contributed by atoms with E-state index in [2.05, 4.69) is 56.8 Å². The van der Waals surface area contributed by atoms with E-state index in [4.69, 9.17) is 0 Å². The summed E-state index contributed by atoms with van der Waals surface area (Å²) in [5.74, 6) is 1.78. The molecule has 0 bridgehead atoms. The van der Waals surface area contributed by atoms with Gasteiger partial charge in [0.2, 0.25) is 0 Å². The maximum atomic E-state index is 4.37. The third kappa shape index (κ3) is 8.26. The van der Waals surface area contributed by atoms with Gasteiger partial charge in [0, 0.05) is 32.5 Å². The van der Waals surface area contributed by atoms with E-state index in [1.54, 1.807) is 0 Å². The van der Waals surface area contributed by atoms with Gasteiger partial charge in [-0.15, -0.1) is 24.0 Å². The first kappa shape index (κ1) is 24.7. The van der Waals surface area contributed by atoms with Crippen LogP contribution in [0.4, 0.5) is 0 Å². The highest BCUT2D eigenvalue weighted by atomic mass is 127. The van der Waals surface area contributed by atoms with Crippen LogP contribution in [0.25, 0.3) is 0 Å². The predicted molar refractivity (Wildman–Crippen MR) is 135 cm³/mol. The van der Waals surface area contributed by atoms with Crippen molar-refractivity contribution < 1.29 is 0 Å². The molecular weight excluding hydrogens is 487 g/mol. The normalized spacial score (nSPS) is 15.6. The van der Waals surface area contributed by atoms with Crippen molar-refractivity contribution in [1.82, 2.24) is 25.3 Å². The van der Waals surface area contributed by atoms with E-state index in [1.807, 2.05) is 30.2 Å². The quantitative estimate of drug-likeness (QED) is 0.227. The van der Waals surface area contributed by atoms with E-state index in [0.29, 0.717) is 0 Å². The lowest BCUT2D eigenvalue weighted by Crippen LogP contribution is -2.38. The van der Waals surface area contributed by atoms with Gasteiger partial charge in [0.25, 0.3) is 0 Å². The Morgan fingerprint density at radius 3 is 2.57 bits per heavy atom. The van der Waals surface area contributed by atoms with Crippen LogP contribution in [0.5, 0.6) is 0 Å². The van der Waals surface area contributed by atoms with Crippen molar-refractivity contribution in [2.75, 3.05) is 33.2 Å². The molecular formula is C23H37IN6. The molecule has 7 heteroatoms. The zero-order valence-corrected chi connectivity index (χ0v) is 20.7. The largest absolute Gasteiger partial charge is 0.356 e. The van der Waals surface area contributed by atoms with Gasteiger partial charge in [-0.1, -0.05) is 31.2 Å². The van der Waals surface area contributed by atoms with Gasteiger partial charge in [-0.05, 0) is 68.4 Å². The molecule has 0 amide bonds. The van der Waals surface area contributed by atoms with Crippen molar-refractivity contribution in [3.05, 3.63) is 53.9 Å². The second-order valence-electron chi connectivity index (χ2n) is 8.06. The van der Waals surface area contributed by atoms with Gasteiger partial charge in [0.15, 0.2) is 5.96 Å². The maximum absolute atomic E-state index is 4.37. The number of rotatable bonds is 9. The molecule has 1 aromatic carbocycles. The van der Waals surface area contributed by atoms with Crippen LogP contribution in [0.2, 0.25) is 0 Å². The summed E-state index contributed by atoms with van der Waals surface area (Å²) in [6, 6.07) is 10.5. The Balaban J connectivity index is 0.00000320. The molecule has 0 unspecified atom stereocenters. The topological polar surface area (TPSA) is 57.5 Å². The number of unbranched alkanes of at least 4 members (excludes halogenated alkanes) is 1. The van der Waals surface area contributed by atoms with Crippen LogP contribution in [0.15, 0.2) is 47.7 Å². The molecule has 3 rings (SSSR count). The average molecular weight is 524 g/mol. The molecule has 0 radical (unpaired) electrons. The molecule has 1 aromatic heterocycles. The molecule has 0 saturated carbocycles. The number of hydrogen-bond acceptors (Lipinski definition) is 3. The molecule has 166 valence electrons. The third-order valence-corrected chi connectivity index (χ3v) is 5.75. The van der Waals surface area contributed by atoms with Crippen LogP contribution in [0.1, 0.15) is 43.7 Å². The van der Waals surface area contributed by atoms with Crippen molar-refractivity contribution in [3.8, 4) is 0 Å². The number of aliphatic imine (C=N–C) groups is 1. The average Bonchev–Trinajstić information content (AvgIpc) is 3.25. The lowest BCUT2D eigenvalue weighted by molar-refractivity contribution is 0.189. The minimum Gasteiger partial charge on any atom is -0.356 e. The Morgan fingerprint density at radius 2 is 1.87 bits per heavy atom. The minimum absolute atomic E-state index is 0. The van der Waals surface area contributed by atoms with Crippen molar-refractivity contribution in [2.45, 2.75) is 45.7 Å². The SMILES string of the molecule is CN=C(NCCCCN1CCC(C)CC1)NCc1ccccc1Cn1cccn1.I. The van der Waals surface area contributed by atoms with Gasteiger partial charge in [-0.3, -0.25) is 9.67 Å². The number of hydrogen-bond donors (Lipinski definition) is 2. The third-order valence-electron chi connectivity index (χ3n) is 5.75. The maximum Gasteiger partial charge on any atom is 0.191 e. The van der Waals surface area contributed by atoms with Crippen LogP contribution < -0.4 is 10.6 Å². The second-order valence-corrected chi connectivity index (χ2v) is 8.06. The van der Waals surface area contributed by atoms with Crippen molar-refractivity contribution in [2.24, 2.45) is 10.9 Å². The van der Waals surface area contributed by atoms with E-state index < -0.39 is 0 Å². The Hall–Kier alpha value is -1.61. The first-order valence-corrected chi connectivity index (χ1v) is 11.0. The fourth-order valence-electron chi connectivity index (χ4n) is 3.81. The molecule has 1 saturated heterocycles. The van der Waals surface area contributed by atoms with Crippen molar-refractivity contribution in [1.29, 1.82) is 0 Å². The highest BCUT2D eigenvalue weighted by Crippen LogP contribution is 2.16. The molecule has 2 heterocycles. The Labute approximate surface area is 198 Å². The van der Waals surface area contributed by atoms with Gasteiger partial charge in [0.05, 0.1) is 6.54 Å². The van der Waals surface area contributed by atoms with Crippen LogP contribution >= 0.6 is 24.0 Å². The number of nitrogens with one attached hydrogen (secondary N) is 2. The Bertz CT molecular complexity index is 738. The summed E-state index contributed by atoms with van der Waals surface area (Å²) in [5.41, 5.74) is 2.54. The minimum atomic E-state index is 0. The number of benzene rings is 1. The molecule has 1 fully saturated rings. The van der Waals surface area contributed by atoms with E-state index in [0.717, 1.165) is 31.5 Å². The summed E-state index contributed by atoms with van der Waals surface area (Å²) in [5, 5.41) is 11.2. The van der Waals surface area contributed by atoms with E-state index in [1.165, 1.54) is 56.4 Å². The summed E-state index contributed by atoms with van der Waals surface area (Å²) in [4.78, 5) is 6.99. The highest BCUT2D eigenvalue weighted by molar-refractivity contribution is 14.0. The number of halogens is 1. The van der Waals surface area contributed by atoms with E-state index in [9.17, 15) is 0 Å². The fourth-order valence-corrected chi connectivity index (χ4v) is 3.81. The van der Waals surface area contributed by atoms with Crippen LogP contribution in [0.3, 0.4) is 0 Å². The molecule has 6 nitrogen and oxygen atoms in total. The van der Waals surface area contributed by atoms with Gasteiger partial charge >= 0.3 is 0 Å². The number of guanidine groups is 1. The standard InChI is InChI=1S/C23H36N6.HI/c1-20-10-16-28(17-11-20)14-6-5-12-25-23(24-2)26-18-21-8-3-4-9-22(21)19-29-15-7-13-27-29;/h3-4,7-9,13,15,20H,5-6,10-12,14,16-19H2,1-2H3,(H2,24,25,26);1H. The number of piperidine rings is 1. The van der Waals surface area contributed by atoms with Gasteiger partial charge in [-0.25, -0.2) is 0 Å². The molecule has 1 aliphatic heterocycles. The zero-order valence-electron chi connectivity index (χ0n) is 18.4. The lowest BCUT2D eigenvalue weighted by Gasteiger charge is -2.30. The monoisotopic (exact) mass is 524 g/mol. The van der Waals surface area contributed by atoms with Gasteiger partial charge in [-0.2, -0.15) is 5.10 Å². The Kier molecular flexibility index (Phi) is 11.2. The van der Waals surface area contributed by atoms with E-state index in [-0.39, 0.29) is 24.0 Å². The first-order chi connectivity index (χ1) is 14.2. The molecule has 0 spiro atoms. The number of nitrogens with zero attached hydrogens (tertiary/aromatic N) is 4. The summed E-state index contributed by atoms with van der Waals surface area (Å²) < 4.78 is 1.95. The molecule has 30 heavy (non-hydrogen) atoms. The highest BCUT2D eigenvalue weighted by Gasteiger charge is 2.14. The first-order valence-electron chi connectivity index (χ1n) is 11.0. The summed E-state index contributed by atoms with van der Waals surface area (Å²) in [6.45, 7) is 8.64. The molecule has 0 aliphatic carbocycles. The van der Waals surface area contributed by atoms with Gasteiger partial charge in [0.1, 0.15) is 0 Å². The predicted octanol–water partition coefficient (Wildman–Crippen LogP) is 3.73. The molecule has 2 aromatic rings. The van der Waals surface area contributed by atoms with Crippen molar-refractivity contribution in [3.63, 3.8) is 0 Å². The number of aromatic nitrogens is 2.